The number of likely N-dealkylation sites (N-methyl/N-ethyl adjacent to an activating group) is 1. The summed E-state index contributed by atoms with van der Waals surface area (Å²) in [7, 11) is 1.54. The Morgan fingerprint density at radius 3 is 2.19 bits per heavy atom. The highest BCUT2D eigenvalue weighted by molar-refractivity contribution is 5.96. The molecule has 1 atom stereocenters. The molecule has 0 saturated carbocycles. The van der Waals surface area contributed by atoms with Crippen molar-refractivity contribution in [1.29, 1.82) is 0 Å². The van der Waals surface area contributed by atoms with Crippen molar-refractivity contribution in [2.75, 3.05) is 7.05 Å². The molecule has 2 aromatic heterocycles. The van der Waals surface area contributed by atoms with Crippen LogP contribution in [-0.4, -0.2) is 36.0 Å². The lowest BCUT2D eigenvalue weighted by molar-refractivity contribution is -0.123. The number of ether oxygens (including phenoxy) is 1. The van der Waals surface area contributed by atoms with E-state index in [1.54, 1.807) is 18.3 Å². The number of hydrogen-bond acceptors (Lipinski definition) is 5. The average Bonchev–Trinajstić information content (AvgIpc) is 3.27. The summed E-state index contributed by atoms with van der Waals surface area (Å²) in [4.78, 5) is 29.0. The molecule has 0 saturated heterocycles. The van der Waals surface area contributed by atoms with Crippen LogP contribution in [0, 0.1) is 5.92 Å². The number of benzene rings is 1. The van der Waals surface area contributed by atoms with Gasteiger partial charge in [-0.05, 0) is 55.7 Å². The predicted octanol–water partition coefficient (Wildman–Crippen LogP) is 4.30. The number of amides is 2. The van der Waals surface area contributed by atoms with Crippen molar-refractivity contribution in [3.63, 3.8) is 0 Å². The second-order valence-corrected chi connectivity index (χ2v) is 8.10. The van der Waals surface area contributed by atoms with Gasteiger partial charge in [0, 0.05) is 18.8 Å². The van der Waals surface area contributed by atoms with Crippen LogP contribution in [0.1, 0.15) is 38.2 Å². The Bertz CT molecular complexity index is 1050. The lowest BCUT2D eigenvalue weighted by Crippen LogP contribution is -2.48. The zero-order valence-electron chi connectivity index (χ0n) is 19.0. The molecule has 0 spiro atoms. The van der Waals surface area contributed by atoms with Crippen molar-refractivity contribution in [1.82, 2.24) is 15.6 Å². The highest BCUT2D eigenvalue weighted by Crippen LogP contribution is 2.26. The van der Waals surface area contributed by atoms with E-state index in [0.717, 1.165) is 16.9 Å². The molecule has 0 aliphatic rings. The molecule has 0 fully saturated rings. The maximum absolute atomic E-state index is 12.5. The molecule has 0 radical (unpaired) electrons. The number of aromatic nitrogens is 1. The molecule has 1 unspecified atom stereocenters. The molecular weight excluding hydrogens is 406 g/mol. The monoisotopic (exact) mass is 435 g/mol. The van der Waals surface area contributed by atoms with Crippen LogP contribution < -0.4 is 15.4 Å². The predicted molar refractivity (Wildman–Crippen MR) is 123 cm³/mol. The molecule has 168 valence electrons. The van der Waals surface area contributed by atoms with Crippen LogP contribution in [0.25, 0.3) is 22.6 Å². The lowest BCUT2D eigenvalue weighted by atomic mass is 10.0. The van der Waals surface area contributed by atoms with Crippen molar-refractivity contribution in [3.8, 4) is 28.3 Å². The summed E-state index contributed by atoms with van der Waals surface area (Å²) >= 11 is 0. The Labute approximate surface area is 188 Å². The minimum atomic E-state index is -0.643. The molecule has 0 aliphatic heterocycles. The number of carbonyl (C=O) groups is 2. The Balaban J connectivity index is 1.71. The van der Waals surface area contributed by atoms with Gasteiger partial charge in [0.25, 0.3) is 5.91 Å². The largest absolute Gasteiger partial charge is 0.491 e. The van der Waals surface area contributed by atoms with Crippen LogP contribution in [0.15, 0.2) is 59.1 Å². The first-order valence-corrected chi connectivity index (χ1v) is 10.6. The van der Waals surface area contributed by atoms with Gasteiger partial charge in [-0.3, -0.25) is 14.6 Å². The summed E-state index contributed by atoms with van der Waals surface area (Å²) in [6, 6.07) is 14.3. The quantitative estimate of drug-likeness (QED) is 0.550. The first kappa shape index (κ1) is 23.1. The van der Waals surface area contributed by atoms with E-state index in [9.17, 15) is 9.59 Å². The molecule has 2 N–H and O–H groups in total. The van der Waals surface area contributed by atoms with Gasteiger partial charge in [-0.15, -0.1) is 0 Å². The number of hydrogen-bond donors (Lipinski definition) is 2. The number of nitrogens with zero attached hydrogens (tertiary/aromatic N) is 1. The summed E-state index contributed by atoms with van der Waals surface area (Å²) < 4.78 is 11.4. The fourth-order valence-electron chi connectivity index (χ4n) is 3.21. The van der Waals surface area contributed by atoms with E-state index in [0.29, 0.717) is 11.5 Å². The first-order valence-electron chi connectivity index (χ1n) is 10.6. The van der Waals surface area contributed by atoms with Crippen molar-refractivity contribution >= 4 is 11.8 Å². The number of carbonyl (C=O) groups excluding carboxylic acids is 2. The van der Waals surface area contributed by atoms with Gasteiger partial charge in [0.15, 0.2) is 11.5 Å². The van der Waals surface area contributed by atoms with Gasteiger partial charge in [0.2, 0.25) is 5.91 Å². The number of nitrogens with one attached hydrogen (secondary N) is 2. The van der Waals surface area contributed by atoms with Crippen LogP contribution in [0.4, 0.5) is 0 Å². The molecule has 32 heavy (non-hydrogen) atoms. The summed E-state index contributed by atoms with van der Waals surface area (Å²) in [5.41, 5.74) is 2.59. The SMILES string of the molecule is CNC(=O)C(NC(=O)c1ccc(-c2ccc(-c3ccc(OC(C)C)cc3)cn2)o1)C(C)C. The van der Waals surface area contributed by atoms with Crippen molar-refractivity contribution in [2.45, 2.75) is 39.8 Å². The molecule has 7 nitrogen and oxygen atoms in total. The van der Waals surface area contributed by atoms with Gasteiger partial charge < -0.3 is 19.8 Å². The zero-order valence-corrected chi connectivity index (χ0v) is 19.0. The van der Waals surface area contributed by atoms with Crippen LogP contribution in [0.5, 0.6) is 5.75 Å². The number of pyridine rings is 1. The highest BCUT2D eigenvalue weighted by atomic mass is 16.5. The second-order valence-electron chi connectivity index (χ2n) is 8.10. The van der Waals surface area contributed by atoms with Gasteiger partial charge in [0.05, 0.1) is 6.10 Å². The molecule has 7 heteroatoms. The summed E-state index contributed by atoms with van der Waals surface area (Å²) in [6.07, 6.45) is 1.89. The van der Waals surface area contributed by atoms with Gasteiger partial charge >= 0.3 is 0 Å². The molecular formula is C25H29N3O4. The van der Waals surface area contributed by atoms with Crippen LogP contribution in [0.2, 0.25) is 0 Å². The van der Waals surface area contributed by atoms with Crippen LogP contribution in [0.3, 0.4) is 0 Å². The van der Waals surface area contributed by atoms with E-state index in [-0.39, 0.29) is 23.7 Å². The Kier molecular flexibility index (Phi) is 7.30. The summed E-state index contributed by atoms with van der Waals surface area (Å²) in [6.45, 7) is 7.71. The molecule has 3 aromatic rings. The fraction of sp³-hybridized carbons (Fsp3) is 0.320. The van der Waals surface area contributed by atoms with Crippen LogP contribution in [-0.2, 0) is 4.79 Å². The van der Waals surface area contributed by atoms with E-state index in [2.05, 4.69) is 15.6 Å². The van der Waals surface area contributed by atoms with E-state index in [4.69, 9.17) is 9.15 Å². The van der Waals surface area contributed by atoms with Crippen molar-refractivity contribution in [3.05, 3.63) is 60.5 Å². The van der Waals surface area contributed by atoms with Gasteiger partial charge in [-0.2, -0.15) is 0 Å². The smallest absolute Gasteiger partial charge is 0.287 e. The van der Waals surface area contributed by atoms with E-state index in [1.807, 2.05) is 64.1 Å². The standard InChI is InChI=1S/C25H29N3O4/c1-15(2)23(25(30)26-5)28-24(29)22-13-12-21(32-22)20-11-8-18(14-27-20)17-6-9-19(10-7-17)31-16(3)4/h6-16,23H,1-5H3,(H,26,30)(H,28,29). The van der Waals surface area contributed by atoms with Crippen molar-refractivity contribution < 1.29 is 18.7 Å². The van der Waals surface area contributed by atoms with Gasteiger partial charge in [-0.25, -0.2) is 0 Å². The van der Waals surface area contributed by atoms with E-state index < -0.39 is 11.9 Å². The normalized spacial score (nSPS) is 12.0. The van der Waals surface area contributed by atoms with Gasteiger partial charge in [0.1, 0.15) is 17.5 Å². The molecule has 0 aliphatic carbocycles. The van der Waals surface area contributed by atoms with E-state index >= 15 is 0 Å². The Morgan fingerprint density at radius 2 is 1.62 bits per heavy atom. The fourth-order valence-corrected chi connectivity index (χ4v) is 3.21. The summed E-state index contributed by atoms with van der Waals surface area (Å²) in [5, 5.41) is 5.28. The Hall–Kier alpha value is -3.61. The van der Waals surface area contributed by atoms with Gasteiger partial charge in [-0.1, -0.05) is 32.0 Å². The third kappa shape index (κ3) is 5.55. The molecule has 0 bridgehead atoms. The molecule has 1 aromatic carbocycles. The molecule has 2 heterocycles. The molecule has 3 rings (SSSR count). The van der Waals surface area contributed by atoms with Crippen LogP contribution >= 0.6 is 0 Å². The maximum atomic E-state index is 12.5. The molecule has 2 amide bonds. The maximum Gasteiger partial charge on any atom is 0.287 e. The third-order valence-electron chi connectivity index (χ3n) is 4.89. The minimum absolute atomic E-state index is 0.0615. The third-order valence-corrected chi connectivity index (χ3v) is 4.89. The first-order chi connectivity index (χ1) is 15.3. The number of furan rings is 1. The Morgan fingerprint density at radius 1 is 0.938 bits per heavy atom. The average molecular weight is 436 g/mol. The van der Waals surface area contributed by atoms with E-state index in [1.165, 1.54) is 7.05 Å². The zero-order chi connectivity index (χ0) is 23.3. The second kappa shape index (κ2) is 10.1. The number of rotatable bonds is 8. The topological polar surface area (TPSA) is 93.5 Å². The summed E-state index contributed by atoms with van der Waals surface area (Å²) in [5.74, 6) is 0.670. The lowest BCUT2D eigenvalue weighted by Gasteiger charge is -2.19. The van der Waals surface area contributed by atoms with Crippen molar-refractivity contribution in [2.24, 2.45) is 5.92 Å². The highest BCUT2D eigenvalue weighted by Gasteiger charge is 2.25. The minimum Gasteiger partial charge on any atom is -0.491 e.